The number of amides is 1. The Kier molecular flexibility index (Phi) is 6.43. The van der Waals surface area contributed by atoms with Crippen LogP contribution in [0, 0.1) is 11.8 Å². The van der Waals surface area contributed by atoms with Gasteiger partial charge in [-0.3, -0.25) is 4.79 Å². The largest absolute Gasteiger partial charge is 1.00 e. The first-order valence-corrected chi connectivity index (χ1v) is 8.88. The van der Waals surface area contributed by atoms with Crippen LogP contribution in [0.2, 0.25) is 0 Å². The molecule has 9 heteroatoms. The average Bonchev–Trinajstić information content (AvgIpc) is 3.00. The number of aromatic nitrogens is 2. The van der Waals surface area contributed by atoms with Gasteiger partial charge in [0.05, 0.1) is 29.7 Å². The van der Waals surface area contributed by atoms with E-state index in [4.69, 9.17) is 0 Å². The standard InChI is InChI=1S/C16H21N3O4S.Na/c1-8-12-11(9(2)20)15(21)19(12)13(16(22)23)14(8)24-7-4-10-17-5-6-18(10)3;/h5-6,8-9,11-12,20H,4,7H2,1-3H3,(H,22,23);/q;+1/p-1/t8-,9?,11?,12?;/m1./s1. The molecule has 2 aliphatic rings. The Labute approximate surface area is 172 Å². The van der Waals surface area contributed by atoms with Gasteiger partial charge in [0.2, 0.25) is 5.91 Å². The van der Waals surface area contributed by atoms with Crippen LogP contribution >= 0.6 is 11.8 Å². The molecule has 1 aromatic heterocycles. The second-order valence-corrected chi connectivity index (χ2v) is 7.44. The van der Waals surface area contributed by atoms with E-state index < -0.39 is 18.0 Å². The number of hydrogen-bond acceptors (Lipinski definition) is 6. The number of rotatable bonds is 6. The van der Waals surface area contributed by atoms with Gasteiger partial charge in [-0.15, -0.1) is 11.8 Å². The smallest absolute Gasteiger partial charge is 0.543 e. The summed E-state index contributed by atoms with van der Waals surface area (Å²) in [5, 5.41) is 21.4. The summed E-state index contributed by atoms with van der Waals surface area (Å²) in [5.41, 5.74) is -0.0285. The van der Waals surface area contributed by atoms with E-state index in [1.807, 2.05) is 24.7 Å². The minimum absolute atomic E-state index is 0. The zero-order chi connectivity index (χ0) is 17.6. The van der Waals surface area contributed by atoms with Crippen molar-refractivity contribution in [2.75, 3.05) is 5.75 Å². The van der Waals surface area contributed by atoms with E-state index in [1.165, 1.54) is 16.7 Å². The molecule has 1 saturated heterocycles. The number of aliphatic carboxylic acids is 1. The summed E-state index contributed by atoms with van der Waals surface area (Å²) in [7, 11) is 1.91. The molecule has 1 amide bonds. The van der Waals surface area contributed by atoms with Gasteiger partial charge in [-0.2, -0.15) is 0 Å². The molecule has 0 bridgehead atoms. The maximum Gasteiger partial charge on any atom is 1.00 e. The van der Waals surface area contributed by atoms with E-state index in [1.54, 1.807) is 13.1 Å². The summed E-state index contributed by atoms with van der Waals surface area (Å²) >= 11 is 1.43. The number of aryl methyl sites for hydroxylation is 2. The van der Waals surface area contributed by atoms with Crippen molar-refractivity contribution < 1.29 is 49.4 Å². The van der Waals surface area contributed by atoms with Gasteiger partial charge in [0.25, 0.3) is 0 Å². The number of aliphatic hydroxyl groups excluding tert-OH is 1. The monoisotopic (exact) mass is 373 g/mol. The fourth-order valence-electron chi connectivity index (χ4n) is 3.60. The fourth-order valence-corrected chi connectivity index (χ4v) is 4.82. The molecular formula is C16H20N3NaO4S. The number of carbonyl (C=O) groups excluding carboxylic acids is 2. The van der Waals surface area contributed by atoms with Crippen LogP contribution in [0.1, 0.15) is 19.7 Å². The Morgan fingerprint density at radius 2 is 2.20 bits per heavy atom. The van der Waals surface area contributed by atoms with E-state index >= 15 is 0 Å². The first kappa shape index (κ1) is 20.5. The van der Waals surface area contributed by atoms with Gasteiger partial charge >= 0.3 is 29.6 Å². The number of aliphatic hydroxyl groups is 1. The zero-order valence-corrected chi connectivity index (χ0v) is 17.6. The van der Waals surface area contributed by atoms with Crippen LogP contribution in [-0.4, -0.2) is 49.3 Å². The molecule has 0 radical (unpaired) electrons. The van der Waals surface area contributed by atoms with Crippen molar-refractivity contribution in [3.63, 3.8) is 0 Å². The number of thioether (sulfide) groups is 1. The molecule has 0 saturated carbocycles. The summed E-state index contributed by atoms with van der Waals surface area (Å²) in [6.07, 6.45) is 3.49. The van der Waals surface area contributed by atoms with Crippen LogP contribution in [0.15, 0.2) is 23.0 Å². The first-order chi connectivity index (χ1) is 11.3. The molecule has 0 aliphatic carbocycles. The van der Waals surface area contributed by atoms with Crippen molar-refractivity contribution in [1.82, 2.24) is 14.5 Å². The molecule has 2 aliphatic heterocycles. The van der Waals surface area contributed by atoms with Crippen molar-refractivity contribution in [3.05, 3.63) is 28.8 Å². The number of β-lactam (4-membered cyclic amide) rings is 1. The zero-order valence-electron chi connectivity index (χ0n) is 14.8. The van der Waals surface area contributed by atoms with E-state index in [9.17, 15) is 19.8 Å². The van der Waals surface area contributed by atoms with Gasteiger partial charge in [-0.05, 0) is 6.92 Å². The molecular weight excluding hydrogens is 353 g/mol. The van der Waals surface area contributed by atoms with Crippen LogP contribution in [0.3, 0.4) is 0 Å². The quantitative estimate of drug-likeness (QED) is 0.411. The van der Waals surface area contributed by atoms with Gasteiger partial charge in [-0.25, -0.2) is 4.98 Å². The number of carboxylic acids is 1. The van der Waals surface area contributed by atoms with Crippen LogP contribution in [0.25, 0.3) is 0 Å². The minimum Gasteiger partial charge on any atom is -0.543 e. The topological polar surface area (TPSA) is 98.5 Å². The molecule has 4 atom stereocenters. The van der Waals surface area contributed by atoms with Crippen LogP contribution in [0.4, 0.5) is 0 Å². The summed E-state index contributed by atoms with van der Waals surface area (Å²) in [4.78, 5) is 30.0. The van der Waals surface area contributed by atoms with Crippen molar-refractivity contribution in [2.24, 2.45) is 18.9 Å². The molecule has 0 spiro atoms. The Morgan fingerprint density at radius 3 is 2.72 bits per heavy atom. The van der Waals surface area contributed by atoms with Gasteiger partial charge in [-0.1, -0.05) is 6.92 Å². The minimum atomic E-state index is -1.33. The van der Waals surface area contributed by atoms with Gasteiger partial charge in [0, 0.05) is 42.4 Å². The van der Waals surface area contributed by atoms with Crippen LogP contribution in [-0.2, 0) is 23.1 Å². The van der Waals surface area contributed by atoms with E-state index in [-0.39, 0.29) is 53.1 Å². The molecule has 3 unspecified atom stereocenters. The maximum absolute atomic E-state index is 12.2. The molecule has 1 N–H and O–H groups in total. The number of carbonyl (C=O) groups is 2. The third-order valence-corrected chi connectivity index (χ3v) is 6.09. The van der Waals surface area contributed by atoms with E-state index in [0.717, 1.165) is 5.82 Å². The second kappa shape index (κ2) is 7.84. The van der Waals surface area contributed by atoms with Crippen molar-refractivity contribution in [1.29, 1.82) is 0 Å². The SMILES string of the molecule is CC(O)C1C(=O)N2C(C(=O)[O-])=C(SCCc3nccn3C)[C@H](C)C12.[Na+]. The number of fused-ring (bicyclic) bond motifs is 1. The Morgan fingerprint density at radius 1 is 1.52 bits per heavy atom. The number of hydrogen-bond donors (Lipinski definition) is 1. The van der Waals surface area contributed by atoms with Crippen LogP contribution < -0.4 is 34.7 Å². The predicted octanol–water partition coefficient (Wildman–Crippen LogP) is -3.48. The number of carboxylic acid groups (broad SMARTS) is 1. The normalized spacial score (nSPS) is 26.2. The van der Waals surface area contributed by atoms with Crippen molar-refractivity contribution in [2.45, 2.75) is 32.4 Å². The van der Waals surface area contributed by atoms with Gasteiger partial charge < -0.3 is 24.5 Å². The number of nitrogens with zero attached hydrogens (tertiary/aromatic N) is 3. The summed E-state index contributed by atoms with van der Waals surface area (Å²) < 4.78 is 1.92. The third kappa shape index (κ3) is 3.42. The van der Waals surface area contributed by atoms with Crippen molar-refractivity contribution in [3.8, 4) is 0 Å². The number of imidazole rings is 1. The van der Waals surface area contributed by atoms with Crippen LogP contribution in [0.5, 0.6) is 0 Å². The Bertz CT molecular complexity index is 718. The summed E-state index contributed by atoms with van der Waals surface area (Å²) in [6.45, 7) is 3.47. The predicted molar refractivity (Wildman–Crippen MR) is 86.4 cm³/mol. The molecule has 1 aromatic rings. The van der Waals surface area contributed by atoms with E-state index in [0.29, 0.717) is 17.1 Å². The molecule has 7 nitrogen and oxygen atoms in total. The summed E-state index contributed by atoms with van der Waals surface area (Å²) in [6, 6.07) is -0.291. The molecule has 0 aromatic carbocycles. The third-order valence-electron chi connectivity index (χ3n) is 4.81. The second-order valence-electron chi connectivity index (χ2n) is 6.31. The maximum atomic E-state index is 12.2. The first-order valence-electron chi connectivity index (χ1n) is 7.90. The van der Waals surface area contributed by atoms with Crippen molar-refractivity contribution >= 4 is 23.6 Å². The molecule has 3 rings (SSSR count). The molecule has 3 heterocycles. The Balaban J connectivity index is 0.00000225. The van der Waals surface area contributed by atoms with Gasteiger partial charge in [0.1, 0.15) is 5.82 Å². The molecule has 1 fully saturated rings. The summed E-state index contributed by atoms with van der Waals surface area (Å²) in [5.74, 6) is -0.745. The fraction of sp³-hybridized carbons (Fsp3) is 0.562. The van der Waals surface area contributed by atoms with E-state index in [2.05, 4.69) is 4.98 Å². The molecule has 25 heavy (non-hydrogen) atoms. The van der Waals surface area contributed by atoms with Gasteiger partial charge in [0.15, 0.2) is 0 Å². The molecule has 130 valence electrons. The average molecular weight is 373 g/mol. The Hall–Kier alpha value is -0.800.